The van der Waals surface area contributed by atoms with Crippen molar-refractivity contribution in [2.45, 2.75) is 49.8 Å². The summed E-state index contributed by atoms with van der Waals surface area (Å²) >= 11 is 0. The summed E-state index contributed by atoms with van der Waals surface area (Å²) in [6.07, 6.45) is -9.16. The first-order valence-electron chi connectivity index (χ1n) is 4.92. The van der Waals surface area contributed by atoms with Gasteiger partial charge in [-0.3, -0.25) is 0 Å². The molecule has 0 aromatic rings. The molecule has 0 rings (SSSR count). The second-order valence-electron chi connectivity index (χ2n) is 4.28. The van der Waals surface area contributed by atoms with Gasteiger partial charge in [-0.2, -0.15) is 30.7 Å². The molecular formula is C9H13F7O2. The number of alkyl halides is 7. The van der Waals surface area contributed by atoms with Gasteiger partial charge in [0.1, 0.15) is 0 Å². The summed E-state index contributed by atoms with van der Waals surface area (Å²) in [7, 11) is 0. The van der Waals surface area contributed by atoms with Crippen LogP contribution in [-0.2, 0) is 0 Å². The van der Waals surface area contributed by atoms with Crippen LogP contribution in [0.3, 0.4) is 0 Å². The van der Waals surface area contributed by atoms with Gasteiger partial charge in [0.05, 0.1) is 5.60 Å². The van der Waals surface area contributed by atoms with Crippen molar-refractivity contribution in [1.29, 1.82) is 0 Å². The van der Waals surface area contributed by atoms with Crippen molar-refractivity contribution in [3.63, 3.8) is 0 Å². The molecule has 0 fully saturated rings. The first kappa shape index (κ1) is 17.4. The Bertz CT molecular complexity index is 273. The fourth-order valence-corrected chi connectivity index (χ4v) is 1.34. The second kappa shape index (κ2) is 5.20. The van der Waals surface area contributed by atoms with Crippen LogP contribution in [0.25, 0.3) is 0 Å². The van der Waals surface area contributed by atoms with Crippen molar-refractivity contribution in [2.75, 3.05) is 6.61 Å². The Hall–Kier alpha value is -0.570. The molecule has 0 amide bonds. The third-order valence-corrected chi connectivity index (χ3v) is 2.29. The molecule has 9 heteroatoms. The van der Waals surface area contributed by atoms with Gasteiger partial charge < -0.3 is 10.2 Å². The number of hydrogen-bond acceptors (Lipinski definition) is 2. The number of rotatable bonds is 6. The first-order valence-corrected chi connectivity index (χ1v) is 4.92. The van der Waals surface area contributed by atoms with Gasteiger partial charge in [0.2, 0.25) is 0 Å². The molecule has 0 aromatic heterocycles. The third kappa shape index (κ3) is 3.98. The molecule has 0 heterocycles. The molecular weight excluding hydrogens is 273 g/mol. The molecule has 18 heavy (non-hydrogen) atoms. The van der Waals surface area contributed by atoms with Crippen molar-refractivity contribution < 1.29 is 40.9 Å². The molecule has 2 nitrogen and oxygen atoms in total. The van der Waals surface area contributed by atoms with E-state index < -0.39 is 43.1 Å². The van der Waals surface area contributed by atoms with Gasteiger partial charge in [0.25, 0.3) is 0 Å². The second-order valence-corrected chi connectivity index (χ2v) is 4.28. The van der Waals surface area contributed by atoms with E-state index in [0.29, 0.717) is 6.92 Å². The molecule has 0 spiro atoms. The fourth-order valence-electron chi connectivity index (χ4n) is 1.34. The lowest BCUT2D eigenvalue weighted by Crippen LogP contribution is -2.54. The number of halogens is 7. The molecule has 0 aromatic carbocycles. The lowest BCUT2D eigenvalue weighted by Gasteiger charge is -2.33. The van der Waals surface area contributed by atoms with Crippen LogP contribution in [-0.4, -0.2) is 40.4 Å². The van der Waals surface area contributed by atoms with E-state index in [1.54, 1.807) is 0 Å². The lowest BCUT2D eigenvalue weighted by molar-refractivity contribution is -0.361. The van der Waals surface area contributed by atoms with E-state index in [-0.39, 0.29) is 6.42 Å². The average molecular weight is 286 g/mol. The van der Waals surface area contributed by atoms with Crippen molar-refractivity contribution in [3.8, 4) is 0 Å². The van der Waals surface area contributed by atoms with Gasteiger partial charge in [-0.15, -0.1) is 0 Å². The minimum Gasteiger partial charge on any atom is -0.396 e. The van der Waals surface area contributed by atoms with Crippen molar-refractivity contribution in [2.24, 2.45) is 0 Å². The SMILES string of the molecule is CC(O)(CCCO)CC(F)(F)C(F)(F)C(F)(F)F. The van der Waals surface area contributed by atoms with E-state index in [2.05, 4.69) is 0 Å². The maximum absolute atomic E-state index is 12.9. The highest BCUT2D eigenvalue weighted by Crippen LogP contribution is 2.49. The zero-order valence-corrected chi connectivity index (χ0v) is 9.37. The average Bonchev–Trinajstić information content (AvgIpc) is 2.11. The molecule has 1 atom stereocenters. The number of aliphatic hydroxyl groups excluding tert-OH is 1. The van der Waals surface area contributed by atoms with Crippen LogP contribution in [0.15, 0.2) is 0 Å². The van der Waals surface area contributed by atoms with E-state index in [9.17, 15) is 35.8 Å². The summed E-state index contributed by atoms with van der Waals surface area (Å²) in [5, 5.41) is 17.7. The van der Waals surface area contributed by atoms with E-state index in [1.807, 2.05) is 0 Å². The zero-order valence-electron chi connectivity index (χ0n) is 9.37. The highest BCUT2D eigenvalue weighted by molar-refractivity contribution is 4.95. The monoisotopic (exact) mass is 286 g/mol. The van der Waals surface area contributed by atoms with Gasteiger partial charge in [0, 0.05) is 13.0 Å². The molecule has 0 saturated carbocycles. The largest absolute Gasteiger partial charge is 0.459 e. The lowest BCUT2D eigenvalue weighted by atomic mass is 9.90. The summed E-state index contributed by atoms with van der Waals surface area (Å²) in [5.74, 6) is -11.6. The molecule has 0 saturated heterocycles. The molecule has 0 aliphatic rings. The maximum atomic E-state index is 12.9. The van der Waals surface area contributed by atoms with Crippen LogP contribution in [0.1, 0.15) is 26.2 Å². The number of aliphatic hydroxyl groups is 2. The van der Waals surface area contributed by atoms with Gasteiger partial charge in [-0.25, -0.2) is 0 Å². The molecule has 0 bridgehead atoms. The summed E-state index contributed by atoms with van der Waals surface area (Å²) in [5.41, 5.74) is -2.43. The smallest absolute Gasteiger partial charge is 0.396 e. The number of hydrogen-bond donors (Lipinski definition) is 2. The van der Waals surface area contributed by atoms with E-state index in [0.717, 1.165) is 0 Å². The molecule has 1 unspecified atom stereocenters. The van der Waals surface area contributed by atoms with Crippen LogP contribution in [0.2, 0.25) is 0 Å². The van der Waals surface area contributed by atoms with Gasteiger partial charge in [-0.05, 0) is 19.8 Å². The van der Waals surface area contributed by atoms with Gasteiger partial charge in [-0.1, -0.05) is 0 Å². The Morgan fingerprint density at radius 1 is 0.944 bits per heavy atom. The van der Waals surface area contributed by atoms with Crippen molar-refractivity contribution in [1.82, 2.24) is 0 Å². The summed E-state index contributed by atoms with van der Waals surface area (Å²) in [6, 6.07) is 0. The van der Waals surface area contributed by atoms with E-state index in [1.165, 1.54) is 0 Å². The predicted octanol–water partition coefficient (Wildman–Crippen LogP) is 2.73. The molecule has 2 N–H and O–H groups in total. The summed E-state index contributed by atoms with van der Waals surface area (Å²) in [4.78, 5) is 0. The Morgan fingerprint density at radius 2 is 1.39 bits per heavy atom. The summed E-state index contributed by atoms with van der Waals surface area (Å²) in [6.45, 7) is 0.209. The third-order valence-electron chi connectivity index (χ3n) is 2.29. The highest BCUT2D eigenvalue weighted by Gasteiger charge is 2.73. The molecule has 0 radical (unpaired) electrons. The Balaban J connectivity index is 4.95. The normalized spacial score (nSPS) is 17.7. The van der Waals surface area contributed by atoms with Gasteiger partial charge >= 0.3 is 18.0 Å². The van der Waals surface area contributed by atoms with Gasteiger partial charge in [0.15, 0.2) is 0 Å². The van der Waals surface area contributed by atoms with Crippen molar-refractivity contribution >= 4 is 0 Å². The minimum atomic E-state index is -6.40. The fraction of sp³-hybridized carbons (Fsp3) is 1.00. The van der Waals surface area contributed by atoms with Crippen molar-refractivity contribution in [3.05, 3.63) is 0 Å². The standard InChI is InChI=1S/C9H13F7O2/c1-6(18,3-2-4-17)5-7(10,11)8(12,13)9(14,15)16/h17-18H,2-5H2,1H3. The topological polar surface area (TPSA) is 40.5 Å². The predicted molar refractivity (Wildman–Crippen MR) is 47.5 cm³/mol. The molecule has 110 valence electrons. The van der Waals surface area contributed by atoms with Crippen LogP contribution in [0.5, 0.6) is 0 Å². The zero-order chi connectivity index (χ0) is 14.8. The molecule has 0 aliphatic heterocycles. The first-order chi connectivity index (χ1) is 7.77. The van der Waals surface area contributed by atoms with Crippen LogP contribution in [0.4, 0.5) is 30.7 Å². The molecule has 0 aliphatic carbocycles. The minimum absolute atomic E-state index is 0.194. The maximum Gasteiger partial charge on any atom is 0.459 e. The van der Waals surface area contributed by atoms with Crippen LogP contribution >= 0.6 is 0 Å². The quantitative estimate of drug-likeness (QED) is 0.737. The Labute approximate surface area is 98.4 Å². The Kier molecular flexibility index (Phi) is 5.03. The van der Waals surface area contributed by atoms with E-state index >= 15 is 0 Å². The van der Waals surface area contributed by atoms with Crippen LogP contribution in [0, 0.1) is 0 Å². The summed E-state index contributed by atoms with van der Waals surface area (Å²) < 4.78 is 86.3. The Morgan fingerprint density at radius 3 is 1.72 bits per heavy atom. The van der Waals surface area contributed by atoms with Crippen LogP contribution < -0.4 is 0 Å². The highest BCUT2D eigenvalue weighted by atomic mass is 19.4. The van der Waals surface area contributed by atoms with E-state index in [4.69, 9.17) is 5.11 Å².